The Balaban J connectivity index is 2.13. The molecule has 0 aromatic heterocycles. The maximum atomic E-state index is 13.9. The van der Waals surface area contributed by atoms with E-state index in [1.54, 1.807) is 6.07 Å². The number of carboxylic acid groups (broad SMARTS) is 1. The van der Waals surface area contributed by atoms with Crippen molar-refractivity contribution in [2.45, 2.75) is 26.3 Å². The summed E-state index contributed by atoms with van der Waals surface area (Å²) in [4.78, 5) is 24.7. The van der Waals surface area contributed by atoms with Crippen molar-refractivity contribution in [3.8, 4) is 5.75 Å². The van der Waals surface area contributed by atoms with Crippen LogP contribution in [0.4, 0.5) is 4.39 Å². The van der Waals surface area contributed by atoms with Crippen LogP contribution in [0.25, 0.3) is 0 Å². The fourth-order valence-corrected chi connectivity index (χ4v) is 2.70. The van der Waals surface area contributed by atoms with Gasteiger partial charge in [-0.3, -0.25) is 4.79 Å². The third-order valence-electron chi connectivity index (χ3n) is 3.41. The van der Waals surface area contributed by atoms with Gasteiger partial charge >= 0.3 is 5.97 Å². The lowest BCUT2D eigenvalue weighted by Crippen LogP contribution is -2.43. The number of rotatable bonds is 6. The van der Waals surface area contributed by atoms with Crippen LogP contribution in [-0.2, 0) is 9.59 Å². The molecule has 0 spiro atoms. The lowest BCUT2D eigenvalue weighted by Gasteiger charge is -2.25. The summed E-state index contributed by atoms with van der Waals surface area (Å²) in [6.45, 7) is 3.78. The molecule has 1 aliphatic heterocycles. The Morgan fingerprint density at radius 2 is 2.17 bits per heavy atom. The van der Waals surface area contributed by atoms with Crippen LogP contribution >= 0.6 is 15.9 Å². The van der Waals surface area contributed by atoms with Crippen LogP contribution in [0.1, 0.15) is 20.3 Å². The van der Waals surface area contributed by atoms with Crippen molar-refractivity contribution in [2.75, 3.05) is 6.54 Å². The molecule has 0 fully saturated rings. The first-order valence-electron chi connectivity index (χ1n) is 7.15. The van der Waals surface area contributed by atoms with E-state index in [2.05, 4.69) is 15.9 Å². The third kappa shape index (κ3) is 4.10. The second-order valence-corrected chi connectivity index (χ2v) is 6.57. The highest BCUT2D eigenvalue weighted by molar-refractivity contribution is 9.10. The Morgan fingerprint density at radius 3 is 2.78 bits per heavy atom. The molecule has 0 radical (unpaired) electrons. The van der Waals surface area contributed by atoms with Crippen LogP contribution in [0, 0.1) is 11.7 Å². The van der Waals surface area contributed by atoms with Gasteiger partial charge < -0.3 is 14.7 Å². The summed E-state index contributed by atoms with van der Waals surface area (Å²) in [5.41, 5.74) is 0. The molecular formula is C16H17BrFNO4. The number of hydrogen-bond donors (Lipinski definition) is 1. The first-order valence-corrected chi connectivity index (χ1v) is 7.94. The van der Waals surface area contributed by atoms with Crippen molar-refractivity contribution in [3.63, 3.8) is 0 Å². The zero-order valence-corrected chi connectivity index (χ0v) is 14.3. The molecule has 1 N–H and O–H groups in total. The Kier molecular flexibility index (Phi) is 5.41. The molecule has 2 rings (SSSR count). The van der Waals surface area contributed by atoms with E-state index in [-0.39, 0.29) is 28.4 Å². The van der Waals surface area contributed by atoms with Gasteiger partial charge in [-0.1, -0.05) is 19.9 Å². The normalized spacial score (nSPS) is 15.8. The lowest BCUT2D eigenvalue weighted by molar-refractivity contribution is -0.148. The number of nitrogens with zero attached hydrogens (tertiary/aromatic N) is 1. The summed E-state index contributed by atoms with van der Waals surface area (Å²) in [5, 5.41) is 9.33. The van der Waals surface area contributed by atoms with E-state index in [0.717, 1.165) is 0 Å². The van der Waals surface area contributed by atoms with E-state index in [9.17, 15) is 19.1 Å². The second kappa shape index (κ2) is 7.12. The molecule has 0 saturated carbocycles. The highest BCUT2D eigenvalue weighted by Crippen LogP contribution is 2.28. The maximum Gasteiger partial charge on any atom is 0.326 e. The van der Waals surface area contributed by atoms with Gasteiger partial charge in [0.15, 0.2) is 11.6 Å². The number of hydrogen-bond acceptors (Lipinski definition) is 3. The van der Waals surface area contributed by atoms with Crippen molar-refractivity contribution in [1.29, 1.82) is 0 Å². The fourth-order valence-electron chi connectivity index (χ4n) is 2.35. The van der Waals surface area contributed by atoms with Crippen LogP contribution in [0.15, 0.2) is 34.5 Å². The monoisotopic (exact) mass is 385 g/mol. The Hall–Kier alpha value is -1.89. The van der Waals surface area contributed by atoms with Gasteiger partial charge in [-0.05, 0) is 40.4 Å². The molecule has 0 saturated heterocycles. The van der Waals surface area contributed by atoms with Crippen LogP contribution in [-0.4, -0.2) is 34.5 Å². The second-order valence-electron chi connectivity index (χ2n) is 5.71. The van der Waals surface area contributed by atoms with Gasteiger partial charge in [-0.15, -0.1) is 0 Å². The van der Waals surface area contributed by atoms with E-state index >= 15 is 0 Å². The van der Waals surface area contributed by atoms with E-state index in [4.69, 9.17) is 4.74 Å². The number of halogens is 2. The molecule has 1 atom stereocenters. The zero-order chi connectivity index (χ0) is 17.1. The number of benzene rings is 1. The average Bonchev–Trinajstić information content (AvgIpc) is 2.81. The Labute approximate surface area is 141 Å². The number of ether oxygens (including phenoxy) is 1. The Bertz CT molecular complexity index is 659. The van der Waals surface area contributed by atoms with Crippen molar-refractivity contribution in [2.24, 2.45) is 5.92 Å². The van der Waals surface area contributed by atoms with Crippen molar-refractivity contribution >= 4 is 27.8 Å². The number of carboxylic acids is 1. The SMILES string of the molecule is CC(C)CC(C(=O)O)N1CC(Oc2cccc(Br)c2F)=CC1=O. The Morgan fingerprint density at radius 1 is 1.48 bits per heavy atom. The van der Waals surface area contributed by atoms with Crippen molar-refractivity contribution in [1.82, 2.24) is 4.90 Å². The summed E-state index contributed by atoms with van der Waals surface area (Å²) in [6.07, 6.45) is 1.55. The summed E-state index contributed by atoms with van der Waals surface area (Å²) in [5.74, 6) is -1.75. The molecule has 23 heavy (non-hydrogen) atoms. The van der Waals surface area contributed by atoms with E-state index in [0.29, 0.717) is 6.42 Å². The van der Waals surface area contributed by atoms with E-state index < -0.39 is 23.7 Å². The van der Waals surface area contributed by atoms with Gasteiger partial charge in [0, 0.05) is 6.08 Å². The first kappa shape index (κ1) is 17.5. The molecule has 1 aliphatic rings. The molecule has 7 heteroatoms. The summed E-state index contributed by atoms with van der Waals surface area (Å²) in [7, 11) is 0. The number of aliphatic carboxylic acids is 1. The lowest BCUT2D eigenvalue weighted by atomic mass is 10.0. The van der Waals surface area contributed by atoms with Crippen molar-refractivity contribution < 1.29 is 23.8 Å². The topological polar surface area (TPSA) is 66.8 Å². The van der Waals surface area contributed by atoms with Gasteiger partial charge in [0.05, 0.1) is 11.0 Å². The number of amides is 1. The van der Waals surface area contributed by atoms with Crippen LogP contribution < -0.4 is 4.74 Å². The van der Waals surface area contributed by atoms with Gasteiger partial charge in [-0.25, -0.2) is 9.18 Å². The predicted molar refractivity (Wildman–Crippen MR) is 85.4 cm³/mol. The van der Waals surface area contributed by atoms with Gasteiger partial charge in [0.1, 0.15) is 11.8 Å². The molecule has 124 valence electrons. The maximum absolute atomic E-state index is 13.9. The first-order chi connectivity index (χ1) is 10.8. The minimum Gasteiger partial charge on any atom is -0.480 e. The zero-order valence-electron chi connectivity index (χ0n) is 12.8. The molecule has 0 aliphatic carbocycles. The molecule has 0 bridgehead atoms. The van der Waals surface area contributed by atoms with E-state index in [1.165, 1.54) is 23.1 Å². The smallest absolute Gasteiger partial charge is 0.326 e. The van der Waals surface area contributed by atoms with Crippen molar-refractivity contribution in [3.05, 3.63) is 40.3 Å². The highest BCUT2D eigenvalue weighted by atomic mass is 79.9. The number of carbonyl (C=O) groups is 2. The fraction of sp³-hybridized carbons (Fsp3) is 0.375. The highest BCUT2D eigenvalue weighted by Gasteiger charge is 2.34. The third-order valence-corrected chi connectivity index (χ3v) is 4.02. The minimum absolute atomic E-state index is 0.00841. The summed E-state index contributed by atoms with van der Waals surface area (Å²) >= 11 is 3.06. The standard InChI is InChI=1S/C16H17BrFNO4/c1-9(2)6-12(16(21)22)19-8-10(7-14(19)20)23-13-5-3-4-11(17)15(13)18/h3-5,7,9,12H,6,8H2,1-2H3,(H,21,22). The average molecular weight is 386 g/mol. The van der Waals surface area contributed by atoms with Gasteiger partial charge in [-0.2, -0.15) is 0 Å². The van der Waals surface area contributed by atoms with Crippen LogP contribution in [0.3, 0.4) is 0 Å². The molecule has 1 heterocycles. The predicted octanol–water partition coefficient (Wildman–Crippen LogP) is 3.19. The molecule has 1 amide bonds. The molecule has 1 unspecified atom stereocenters. The molecule has 1 aromatic carbocycles. The van der Waals surface area contributed by atoms with Crippen LogP contribution in [0.5, 0.6) is 5.75 Å². The van der Waals surface area contributed by atoms with Gasteiger partial charge in [0.2, 0.25) is 0 Å². The minimum atomic E-state index is -1.06. The molecule has 1 aromatic rings. The quantitative estimate of drug-likeness (QED) is 0.816. The largest absolute Gasteiger partial charge is 0.480 e. The summed E-state index contributed by atoms with van der Waals surface area (Å²) in [6, 6.07) is 3.66. The van der Waals surface area contributed by atoms with E-state index in [1.807, 2.05) is 13.8 Å². The number of carbonyl (C=O) groups excluding carboxylic acids is 1. The van der Waals surface area contributed by atoms with Gasteiger partial charge in [0.25, 0.3) is 5.91 Å². The van der Waals surface area contributed by atoms with Crippen LogP contribution in [0.2, 0.25) is 0 Å². The molecule has 5 nitrogen and oxygen atoms in total. The molecular weight excluding hydrogens is 369 g/mol. The summed E-state index contributed by atoms with van der Waals surface area (Å²) < 4.78 is 19.6.